The van der Waals surface area contributed by atoms with Crippen LogP contribution in [0.4, 0.5) is 0 Å². The SMILES string of the molecule is O=C(O)c1c2c(cn(-c3cccnc3)c1=O)CNCC2. The molecule has 20 heavy (non-hydrogen) atoms. The van der Waals surface area contributed by atoms with Crippen molar-refractivity contribution in [3.8, 4) is 5.69 Å². The maximum Gasteiger partial charge on any atom is 0.341 e. The lowest BCUT2D eigenvalue weighted by atomic mass is 9.97. The smallest absolute Gasteiger partial charge is 0.341 e. The minimum absolute atomic E-state index is 0.132. The van der Waals surface area contributed by atoms with Gasteiger partial charge in [-0.05, 0) is 36.2 Å². The molecule has 1 aliphatic rings. The van der Waals surface area contributed by atoms with Crippen molar-refractivity contribution >= 4 is 5.97 Å². The van der Waals surface area contributed by atoms with E-state index in [1.54, 1.807) is 24.5 Å². The van der Waals surface area contributed by atoms with E-state index in [-0.39, 0.29) is 5.56 Å². The zero-order valence-corrected chi connectivity index (χ0v) is 10.7. The molecule has 3 heterocycles. The van der Waals surface area contributed by atoms with Gasteiger partial charge in [-0.25, -0.2) is 4.79 Å². The van der Waals surface area contributed by atoms with E-state index in [1.165, 1.54) is 10.8 Å². The van der Waals surface area contributed by atoms with Gasteiger partial charge in [0, 0.05) is 18.9 Å². The molecule has 6 nitrogen and oxygen atoms in total. The van der Waals surface area contributed by atoms with Gasteiger partial charge in [0.15, 0.2) is 0 Å². The van der Waals surface area contributed by atoms with Gasteiger partial charge in [0.1, 0.15) is 5.56 Å². The van der Waals surface area contributed by atoms with Crippen LogP contribution in [0.1, 0.15) is 21.5 Å². The second-order valence-electron chi connectivity index (χ2n) is 4.63. The molecule has 0 bridgehead atoms. The summed E-state index contributed by atoms with van der Waals surface area (Å²) in [4.78, 5) is 27.8. The summed E-state index contributed by atoms with van der Waals surface area (Å²) in [5.74, 6) is -1.17. The summed E-state index contributed by atoms with van der Waals surface area (Å²) in [6, 6.07) is 3.43. The van der Waals surface area contributed by atoms with Crippen molar-refractivity contribution in [2.45, 2.75) is 13.0 Å². The van der Waals surface area contributed by atoms with Crippen molar-refractivity contribution in [2.75, 3.05) is 6.54 Å². The molecule has 0 fully saturated rings. The van der Waals surface area contributed by atoms with Gasteiger partial charge in [0.05, 0.1) is 11.9 Å². The Balaban J connectivity index is 2.30. The zero-order valence-electron chi connectivity index (χ0n) is 10.7. The maximum absolute atomic E-state index is 12.4. The number of aromatic nitrogens is 2. The lowest BCUT2D eigenvalue weighted by Gasteiger charge is -2.20. The normalized spacial score (nSPS) is 13.8. The fourth-order valence-electron chi connectivity index (χ4n) is 2.49. The Morgan fingerprint density at radius 2 is 2.30 bits per heavy atom. The molecule has 2 aromatic rings. The molecule has 0 aromatic carbocycles. The van der Waals surface area contributed by atoms with Crippen LogP contribution in [0.15, 0.2) is 35.5 Å². The summed E-state index contributed by atoms with van der Waals surface area (Å²) >= 11 is 0. The number of aromatic carboxylic acids is 1. The molecule has 0 saturated carbocycles. The molecular formula is C14H13N3O3. The van der Waals surface area contributed by atoms with Crippen LogP contribution in [0.5, 0.6) is 0 Å². The largest absolute Gasteiger partial charge is 0.477 e. The van der Waals surface area contributed by atoms with E-state index in [0.717, 1.165) is 5.56 Å². The van der Waals surface area contributed by atoms with Crippen molar-refractivity contribution in [3.63, 3.8) is 0 Å². The first-order chi connectivity index (χ1) is 9.68. The second kappa shape index (κ2) is 4.90. The number of fused-ring (bicyclic) bond motifs is 1. The van der Waals surface area contributed by atoms with Gasteiger partial charge in [-0.3, -0.25) is 14.3 Å². The number of carboxylic acid groups (broad SMARTS) is 1. The summed E-state index contributed by atoms with van der Waals surface area (Å²) < 4.78 is 1.35. The van der Waals surface area contributed by atoms with Crippen LogP contribution in [0, 0.1) is 0 Å². The molecule has 0 aliphatic carbocycles. The van der Waals surface area contributed by atoms with Crippen LogP contribution >= 0.6 is 0 Å². The van der Waals surface area contributed by atoms with Gasteiger partial charge in [0.25, 0.3) is 5.56 Å². The van der Waals surface area contributed by atoms with Gasteiger partial charge in [-0.1, -0.05) is 0 Å². The Hall–Kier alpha value is -2.47. The molecule has 0 amide bonds. The van der Waals surface area contributed by atoms with Crippen LogP contribution in [0.3, 0.4) is 0 Å². The van der Waals surface area contributed by atoms with Crippen LogP contribution in [0.25, 0.3) is 5.69 Å². The standard InChI is InChI=1S/C14H13N3O3/c18-13-12(14(19)20)11-3-5-16-6-9(11)8-17(13)10-2-1-4-15-7-10/h1-2,4,7-8,16H,3,5-6H2,(H,19,20). The number of carbonyl (C=O) groups is 1. The van der Waals surface area contributed by atoms with Crippen molar-refractivity contribution in [2.24, 2.45) is 0 Å². The monoisotopic (exact) mass is 271 g/mol. The zero-order chi connectivity index (χ0) is 14.1. The van der Waals surface area contributed by atoms with E-state index in [2.05, 4.69) is 10.3 Å². The molecule has 0 spiro atoms. The summed E-state index contributed by atoms with van der Waals surface area (Å²) in [6.45, 7) is 1.25. The maximum atomic E-state index is 12.4. The number of rotatable bonds is 2. The van der Waals surface area contributed by atoms with Gasteiger partial charge in [-0.15, -0.1) is 0 Å². The summed E-state index contributed by atoms with van der Waals surface area (Å²) in [5.41, 5.74) is 1.41. The number of nitrogens with zero attached hydrogens (tertiary/aromatic N) is 2. The Morgan fingerprint density at radius 3 is 3.00 bits per heavy atom. The lowest BCUT2D eigenvalue weighted by Crippen LogP contribution is -2.33. The fraction of sp³-hybridized carbons (Fsp3) is 0.214. The first-order valence-electron chi connectivity index (χ1n) is 6.30. The van der Waals surface area contributed by atoms with Crippen LogP contribution < -0.4 is 10.9 Å². The Kier molecular flexibility index (Phi) is 3.08. The highest BCUT2D eigenvalue weighted by Crippen LogP contribution is 2.17. The van der Waals surface area contributed by atoms with Crippen molar-refractivity contribution in [1.29, 1.82) is 0 Å². The molecule has 2 aromatic heterocycles. The van der Waals surface area contributed by atoms with E-state index >= 15 is 0 Å². The van der Waals surface area contributed by atoms with Gasteiger partial charge >= 0.3 is 5.97 Å². The average Bonchev–Trinajstić information content (AvgIpc) is 2.47. The Labute approximate surface area is 114 Å². The first-order valence-corrected chi connectivity index (χ1v) is 6.30. The third-order valence-corrected chi connectivity index (χ3v) is 3.41. The number of pyridine rings is 2. The lowest BCUT2D eigenvalue weighted by molar-refractivity contribution is 0.0693. The van der Waals surface area contributed by atoms with E-state index < -0.39 is 11.5 Å². The highest BCUT2D eigenvalue weighted by molar-refractivity contribution is 5.89. The molecule has 0 atom stereocenters. The number of hydrogen-bond donors (Lipinski definition) is 2. The van der Waals surface area contributed by atoms with Crippen LogP contribution in [0.2, 0.25) is 0 Å². The number of hydrogen-bond acceptors (Lipinski definition) is 4. The minimum Gasteiger partial charge on any atom is -0.477 e. The fourth-order valence-corrected chi connectivity index (χ4v) is 2.49. The number of carboxylic acids is 1. The molecule has 0 unspecified atom stereocenters. The summed E-state index contributed by atoms with van der Waals surface area (Å²) in [5, 5.41) is 12.5. The quantitative estimate of drug-likeness (QED) is 0.834. The molecule has 102 valence electrons. The predicted molar refractivity (Wildman–Crippen MR) is 72.2 cm³/mol. The van der Waals surface area contributed by atoms with E-state index in [4.69, 9.17) is 0 Å². The third kappa shape index (κ3) is 2.00. The van der Waals surface area contributed by atoms with Gasteiger partial charge < -0.3 is 10.4 Å². The Morgan fingerprint density at radius 1 is 1.45 bits per heavy atom. The molecule has 0 saturated heterocycles. The van der Waals surface area contributed by atoms with Crippen molar-refractivity contribution in [1.82, 2.24) is 14.9 Å². The third-order valence-electron chi connectivity index (χ3n) is 3.41. The molecular weight excluding hydrogens is 258 g/mol. The molecule has 1 aliphatic heterocycles. The van der Waals surface area contributed by atoms with Crippen LogP contribution in [-0.4, -0.2) is 27.2 Å². The van der Waals surface area contributed by atoms with Gasteiger partial charge in [-0.2, -0.15) is 0 Å². The molecule has 3 rings (SSSR count). The average molecular weight is 271 g/mol. The highest BCUT2D eigenvalue weighted by atomic mass is 16.4. The summed E-state index contributed by atoms with van der Waals surface area (Å²) in [6.07, 6.45) is 5.40. The van der Waals surface area contributed by atoms with Gasteiger partial charge in [0.2, 0.25) is 0 Å². The summed E-state index contributed by atoms with van der Waals surface area (Å²) in [7, 11) is 0. The minimum atomic E-state index is -1.17. The Bertz CT molecular complexity index is 722. The first kappa shape index (κ1) is 12.6. The van der Waals surface area contributed by atoms with Crippen molar-refractivity contribution < 1.29 is 9.90 Å². The predicted octanol–water partition coefficient (Wildman–Crippen LogP) is 0.576. The van der Waals surface area contributed by atoms with Crippen LogP contribution in [-0.2, 0) is 13.0 Å². The van der Waals surface area contributed by atoms with Crippen molar-refractivity contribution in [3.05, 3.63) is 57.8 Å². The highest BCUT2D eigenvalue weighted by Gasteiger charge is 2.23. The van der Waals surface area contributed by atoms with E-state index in [1.807, 2.05) is 0 Å². The second-order valence-corrected chi connectivity index (χ2v) is 4.63. The molecule has 0 radical (unpaired) electrons. The molecule has 2 N–H and O–H groups in total. The molecule has 6 heteroatoms. The van der Waals surface area contributed by atoms with E-state index in [0.29, 0.717) is 30.8 Å². The topological polar surface area (TPSA) is 84.2 Å². The van der Waals surface area contributed by atoms with E-state index in [9.17, 15) is 14.7 Å². The number of nitrogens with one attached hydrogen (secondary N) is 1.